The van der Waals surface area contributed by atoms with Crippen LogP contribution in [0.5, 0.6) is 0 Å². The third-order valence-electron chi connectivity index (χ3n) is 5.70. The van der Waals surface area contributed by atoms with Crippen molar-refractivity contribution in [1.82, 2.24) is 5.32 Å². The Morgan fingerprint density at radius 3 is 2.66 bits per heavy atom. The fraction of sp³-hybridized carbons (Fsp3) is 0.409. The van der Waals surface area contributed by atoms with E-state index in [0.29, 0.717) is 30.8 Å². The predicted octanol–water partition coefficient (Wildman–Crippen LogP) is 2.58. The maximum atomic E-state index is 12.6. The van der Waals surface area contributed by atoms with Crippen molar-refractivity contribution in [3.05, 3.63) is 59.2 Å². The Labute approximate surface area is 172 Å². The molecular formula is C22H27N3O3S. The van der Waals surface area contributed by atoms with Crippen LogP contribution in [-0.2, 0) is 22.9 Å². The number of rotatable bonds is 6. The average molecular weight is 414 g/mol. The minimum absolute atomic E-state index is 0.160. The molecule has 0 aliphatic carbocycles. The Morgan fingerprint density at radius 1 is 1.03 bits per heavy atom. The smallest absolute Gasteiger partial charge is 0.251 e. The lowest BCUT2D eigenvalue weighted by atomic mass is 10.0. The summed E-state index contributed by atoms with van der Waals surface area (Å²) < 4.78 is 25.3. The molecule has 154 valence electrons. The zero-order chi connectivity index (χ0) is 20.4. The number of anilines is 2. The Morgan fingerprint density at radius 2 is 1.83 bits per heavy atom. The van der Waals surface area contributed by atoms with Crippen LogP contribution in [0.2, 0.25) is 0 Å². The molecule has 2 heterocycles. The van der Waals surface area contributed by atoms with Gasteiger partial charge in [-0.15, -0.1) is 0 Å². The standard InChI is InChI=1S/C22H27N3O3S/c1-29(27,28)25-15-11-18-9-10-19(16-21(18)25)22(26)23-12-5-14-24-13-4-7-17-6-2-3-8-20(17)24/h2-3,6,8-10,16H,4-5,7,11-15H2,1H3,(H,23,26). The van der Waals surface area contributed by atoms with Crippen LogP contribution >= 0.6 is 0 Å². The molecule has 6 nitrogen and oxygen atoms in total. The first-order valence-electron chi connectivity index (χ1n) is 10.2. The first-order chi connectivity index (χ1) is 13.9. The molecule has 0 aromatic heterocycles. The molecule has 0 radical (unpaired) electrons. The number of fused-ring (bicyclic) bond motifs is 2. The van der Waals surface area contributed by atoms with E-state index in [-0.39, 0.29) is 5.91 Å². The van der Waals surface area contributed by atoms with E-state index < -0.39 is 10.0 Å². The number of aryl methyl sites for hydroxylation is 1. The van der Waals surface area contributed by atoms with E-state index in [4.69, 9.17) is 0 Å². The number of para-hydroxylation sites is 1. The summed E-state index contributed by atoms with van der Waals surface area (Å²) in [5.41, 5.74) is 4.81. The lowest BCUT2D eigenvalue weighted by Crippen LogP contribution is -2.33. The number of carbonyl (C=O) groups is 1. The highest BCUT2D eigenvalue weighted by Gasteiger charge is 2.27. The second kappa shape index (κ2) is 8.06. The lowest BCUT2D eigenvalue weighted by Gasteiger charge is -2.31. The largest absolute Gasteiger partial charge is 0.371 e. The van der Waals surface area contributed by atoms with E-state index in [2.05, 4.69) is 34.5 Å². The van der Waals surface area contributed by atoms with Crippen LogP contribution in [0, 0.1) is 0 Å². The van der Waals surface area contributed by atoms with Gasteiger partial charge in [0.05, 0.1) is 11.9 Å². The number of carbonyl (C=O) groups excluding carboxylic acids is 1. The molecule has 2 aliphatic heterocycles. The molecule has 29 heavy (non-hydrogen) atoms. The van der Waals surface area contributed by atoms with Crippen LogP contribution in [-0.4, -0.2) is 46.8 Å². The SMILES string of the molecule is CS(=O)(=O)N1CCc2ccc(C(=O)NCCCN3CCCc4ccccc43)cc21. The van der Waals surface area contributed by atoms with Gasteiger partial charge >= 0.3 is 0 Å². The Balaban J connectivity index is 1.33. The van der Waals surface area contributed by atoms with Crippen LogP contribution in [0.25, 0.3) is 0 Å². The van der Waals surface area contributed by atoms with Crippen LogP contribution in [0.3, 0.4) is 0 Å². The topological polar surface area (TPSA) is 69.7 Å². The van der Waals surface area contributed by atoms with Gasteiger partial charge in [-0.2, -0.15) is 0 Å². The van der Waals surface area contributed by atoms with Crippen molar-refractivity contribution in [1.29, 1.82) is 0 Å². The molecule has 4 rings (SSSR count). The van der Waals surface area contributed by atoms with Crippen molar-refractivity contribution >= 4 is 27.3 Å². The lowest BCUT2D eigenvalue weighted by molar-refractivity contribution is 0.0953. The molecule has 0 bridgehead atoms. The van der Waals surface area contributed by atoms with Gasteiger partial charge < -0.3 is 10.2 Å². The van der Waals surface area contributed by atoms with Crippen LogP contribution < -0.4 is 14.5 Å². The molecule has 1 amide bonds. The van der Waals surface area contributed by atoms with Gasteiger partial charge in [0.25, 0.3) is 5.91 Å². The quantitative estimate of drug-likeness (QED) is 0.739. The van der Waals surface area contributed by atoms with Gasteiger partial charge in [0.1, 0.15) is 0 Å². The molecule has 0 saturated carbocycles. The minimum atomic E-state index is -3.32. The van der Waals surface area contributed by atoms with Gasteiger partial charge in [0.2, 0.25) is 10.0 Å². The molecule has 0 fully saturated rings. The molecule has 0 unspecified atom stereocenters. The van der Waals surface area contributed by atoms with Crippen molar-refractivity contribution in [3.8, 4) is 0 Å². The second-order valence-electron chi connectivity index (χ2n) is 7.76. The Kier molecular flexibility index (Phi) is 5.50. The monoisotopic (exact) mass is 413 g/mol. The summed E-state index contributed by atoms with van der Waals surface area (Å²) in [6.45, 7) is 2.99. The van der Waals surface area contributed by atoms with Crippen molar-refractivity contribution in [3.63, 3.8) is 0 Å². The number of nitrogens with zero attached hydrogens (tertiary/aromatic N) is 2. The van der Waals surface area contributed by atoms with Crippen molar-refractivity contribution < 1.29 is 13.2 Å². The summed E-state index contributed by atoms with van der Waals surface area (Å²) in [5, 5.41) is 2.97. The third kappa shape index (κ3) is 4.24. The number of hydrogen-bond acceptors (Lipinski definition) is 4. The fourth-order valence-corrected chi connectivity index (χ4v) is 5.20. The average Bonchev–Trinajstić information content (AvgIpc) is 3.15. The van der Waals surface area contributed by atoms with Gasteiger partial charge in [-0.05, 0) is 55.0 Å². The highest BCUT2D eigenvalue weighted by Crippen LogP contribution is 2.31. The maximum absolute atomic E-state index is 12.6. The number of benzene rings is 2. The first kappa shape index (κ1) is 19.8. The molecule has 2 aromatic carbocycles. The summed E-state index contributed by atoms with van der Waals surface area (Å²) in [6.07, 6.45) is 5.04. The van der Waals surface area contributed by atoms with E-state index in [9.17, 15) is 13.2 Å². The van der Waals surface area contributed by atoms with Crippen LogP contribution in [0.4, 0.5) is 11.4 Å². The van der Waals surface area contributed by atoms with Gasteiger partial charge in [-0.3, -0.25) is 9.10 Å². The fourth-order valence-electron chi connectivity index (χ4n) is 4.25. The zero-order valence-corrected chi connectivity index (χ0v) is 17.5. The predicted molar refractivity (Wildman–Crippen MR) is 116 cm³/mol. The second-order valence-corrected chi connectivity index (χ2v) is 9.66. The van der Waals surface area contributed by atoms with Gasteiger partial charge in [0.15, 0.2) is 0 Å². The van der Waals surface area contributed by atoms with Gasteiger partial charge in [-0.1, -0.05) is 24.3 Å². The van der Waals surface area contributed by atoms with Crippen molar-refractivity contribution in [2.75, 3.05) is 41.6 Å². The molecule has 1 N–H and O–H groups in total. The van der Waals surface area contributed by atoms with Crippen LogP contribution in [0.15, 0.2) is 42.5 Å². The molecule has 0 spiro atoms. The van der Waals surface area contributed by atoms with Crippen molar-refractivity contribution in [2.24, 2.45) is 0 Å². The highest BCUT2D eigenvalue weighted by molar-refractivity contribution is 7.92. The van der Waals surface area contributed by atoms with E-state index in [0.717, 1.165) is 37.9 Å². The summed E-state index contributed by atoms with van der Waals surface area (Å²) in [5.74, 6) is -0.160. The van der Waals surface area contributed by atoms with E-state index >= 15 is 0 Å². The van der Waals surface area contributed by atoms with E-state index in [1.54, 1.807) is 12.1 Å². The number of nitrogens with one attached hydrogen (secondary N) is 1. The summed E-state index contributed by atoms with van der Waals surface area (Å²) >= 11 is 0. The normalized spacial score (nSPS) is 15.8. The molecular weight excluding hydrogens is 386 g/mol. The van der Waals surface area contributed by atoms with Gasteiger partial charge in [-0.25, -0.2) is 8.42 Å². The summed E-state index contributed by atoms with van der Waals surface area (Å²) in [7, 11) is -3.32. The molecule has 2 aromatic rings. The summed E-state index contributed by atoms with van der Waals surface area (Å²) in [6, 6.07) is 13.9. The zero-order valence-electron chi connectivity index (χ0n) is 16.7. The Hall–Kier alpha value is -2.54. The number of amides is 1. The molecule has 0 saturated heterocycles. The first-order valence-corrected chi connectivity index (χ1v) is 12.0. The van der Waals surface area contributed by atoms with E-state index in [1.807, 2.05) is 6.07 Å². The van der Waals surface area contributed by atoms with Crippen molar-refractivity contribution in [2.45, 2.75) is 25.7 Å². The van der Waals surface area contributed by atoms with Gasteiger partial charge in [0, 0.05) is 37.4 Å². The molecule has 2 aliphatic rings. The third-order valence-corrected chi connectivity index (χ3v) is 6.88. The highest BCUT2D eigenvalue weighted by atomic mass is 32.2. The molecule has 0 atom stereocenters. The maximum Gasteiger partial charge on any atom is 0.251 e. The number of sulfonamides is 1. The Bertz CT molecular complexity index is 1020. The van der Waals surface area contributed by atoms with E-state index in [1.165, 1.54) is 21.8 Å². The molecule has 7 heteroatoms. The summed E-state index contributed by atoms with van der Waals surface area (Å²) in [4.78, 5) is 15.0. The minimum Gasteiger partial charge on any atom is -0.371 e. The van der Waals surface area contributed by atoms with Crippen LogP contribution in [0.1, 0.15) is 34.3 Å². The number of hydrogen-bond donors (Lipinski definition) is 1.